The first-order valence-electron chi connectivity index (χ1n) is 6.32. The van der Waals surface area contributed by atoms with Crippen molar-refractivity contribution >= 4 is 28.1 Å². The predicted octanol–water partition coefficient (Wildman–Crippen LogP) is 2.72. The summed E-state index contributed by atoms with van der Waals surface area (Å²) in [5.74, 6) is -1.78. The number of carbonyl (C=O) groups is 1. The molecule has 0 bridgehead atoms. The van der Waals surface area contributed by atoms with E-state index in [1.807, 2.05) is 23.6 Å². The molecule has 2 heterocycles. The monoisotopic (exact) mass is 312 g/mol. The molecule has 0 amide bonds. The number of hydrogen-bond donors (Lipinski definition) is 2. The Labute approximate surface area is 129 Å². The molecule has 0 saturated heterocycles. The number of rotatable bonds is 4. The molecule has 22 heavy (non-hydrogen) atoms. The van der Waals surface area contributed by atoms with Gasteiger partial charge >= 0.3 is 5.97 Å². The lowest BCUT2D eigenvalue weighted by molar-refractivity contribution is -0.268. The minimum absolute atomic E-state index is 0.251. The molecule has 110 valence electrons. The van der Waals surface area contributed by atoms with Gasteiger partial charge in [-0.2, -0.15) is 0 Å². The van der Waals surface area contributed by atoms with Gasteiger partial charge in [0.1, 0.15) is 5.69 Å². The summed E-state index contributed by atoms with van der Waals surface area (Å²) in [5.41, 5.74) is 1.74. The first-order chi connectivity index (χ1) is 10.6. The minimum atomic E-state index is -1.23. The minimum Gasteiger partial charge on any atom is -0.872 e. The lowest BCUT2D eigenvalue weighted by Gasteiger charge is -2.12. The van der Waals surface area contributed by atoms with Crippen molar-refractivity contribution in [1.82, 2.24) is 9.97 Å². The van der Waals surface area contributed by atoms with Gasteiger partial charge in [0.25, 0.3) is 0 Å². The average molecular weight is 312 g/mol. The van der Waals surface area contributed by atoms with Crippen LogP contribution in [-0.4, -0.2) is 21.0 Å². The quantitative estimate of drug-likeness (QED) is 0.768. The molecule has 0 fully saturated rings. The number of carboxylic acids is 1. The molecule has 6 nitrogen and oxygen atoms in total. The number of nitrogens with one attached hydrogen (secondary N) is 1. The van der Waals surface area contributed by atoms with Crippen molar-refractivity contribution in [2.75, 3.05) is 5.32 Å². The summed E-state index contributed by atoms with van der Waals surface area (Å²) in [5, 5.41) is 25.9. The van der Waals surface area contributed by atoms with Crippen molar-refractivity contribution in [3.05, 3.63) is 53.5 Å². The Bertz CT molecular complexity index is 818. The van der Waals surface area contributed by atoms with Gasteiger partial charge in [-0.05, 0) is 30.3 Å². The van der Waals surface area contributed by atoms with Gasteiger partial charge in [-0.3, -0.25) is 4.98 Å². The maximum atomic E-state index is 11.7. The Hall–Kier alpha value is -2.93. The maximum Gasteiger partial charge on any atom is 0.335 e. The second kappa shape index (κ2) is 5.82. The van der Waals surface area contributed by atoms with Crippen LogP contribution in [0.25, 0.3) is 11.4 Å². The third kappa shape index (κ3) is 2.89. The van der Waals surface area contributed by atoms with E-state index in [4.69, 9.17) is 5.11 Å². The summed E-state index contributed by atoms with van der Waals surface area (Å²) in [7, 11) is 0. The molecule has 0 atom stereocenters. The zero-order valence-electron chi connectivity index (χ0n) is 11.2. The lowest BCUT2D eigenvalue weighted by Crippen LogP contribution is -2.04. The average Bonchev–Trinajstić information content (AvgIpc) is 2.96. The SMILES string of the molecule is O=C(O)c1ccc(Nc2nc(-c3ccccn3)cs2)cc1[O-]. The molecule has 2 aromatic heterocycles. The molecule has 0 unspecified atom stereocenters. The number of thiazole rings is 1. The molecule has 0 saturated carbocycles. The Balaban J connectivity index is 1.81. The molecule has 3 aromatic rings. The summed E-state index contributed by atoms with van der Waals surface area (Å²) in [4.78, 5) is 19.4. The maximum absolute atomic E-state index is 11.7. The smallest absolute Gasteiger partial charge is 0.335 e. The van der Waals surface area contributed by atoms with Gasteiger partial charge in [0, 0.05) is 17.3 Å². The van der Waals surface area contributed by atoms with Crippen molar-refractivity contribution in [3.8, 4) is 17.1 Å². The number of pyridine rings is 1. The van der Waals surface area contributed by atoms with E-state index in [2.05, 4.69) is 15.3 Å². The van der Waals surface area contributed by atoms with Gasteiger partial charge < -0.3 is 15.5 Å². The molecular formula is C15H10N3O3S-. The summed E-state index contributed by atoms with van der Waals surface area (Å²) in [6.45, 7) is 0. The summed E-state index contributed by atoms with van der Waals surface area (Å²) in [6, 6.07) is 9.62. The van der Waals surface area contributed by atoms with E-state index in [1.165, 1.54) is 29.5 Å². The van der Waals surface area contributed by atoms with Gasteiger partial charge in [-0.15, -0.1) is 11.3 Å². The highest BCUT2D eigenvalue weighted by molar-refractivity contribution is 7.14. The predicted molar refractivity (Wildman–Crippen MR) is 81.5 cm³/mol. The van der Waals surface area contributed by atoms with E-state index in [1.54, 1.807) is 6.20 Å². The van der Waals surface area contributed by atoms with Crippen LogP contribution in [0.4, 0.5) is 10.8 Å². The first-order valence-corrected chi connectivity index (χ1v) is 7.20. The fourth-order valence-corrected chi connectivity index (χ4v) is 2.59. The van der Waals surface area contributed by atoms with Crippen molar-refractivity contribution in [2.45, 2.75) is 0 Å². The molecule has 0 aliphatic carbocycles. The largest absolute Gasteiger partial charge is 0.872 e. The van der Waals surface area contributed by atoms with Crippen LogP contribution in [-0.2, 0) is 0 Å². The zero-order chi connectivity index (χ0) is 15.5. The van der Waals surface area contributed by atoms with Crippen LogP contribution in [0.15, 0.2) is 48.0 Å². The summed E-state index contributed by atoms with van der Waals surface area (Å²) >= 11 is 1.37. The van der Waals surface area contributed by atoms with Crippen LogP contribution in [0, 0.1) is 0 Å². The highest BCUT2D eigenvalue weighted by Gasteiger charge is 2.07. The van der Waals surface area contributed by atoms with E-state index >= 15 is 0 Å². The Morgan fingerprint density at radius 1 is 1.23 bits per heavy atom. The third-order valence-corrected chi connectivity index (χ3v) is 3.65. The number of anilines is 2. The van der Waals surface area contributed by atoms with E-state index in [0.717, 1.165) is 11.4 Å². The summed E-state index contributed by atoms with van der Waals surface area (Å²) < 4.78 is 0. The van der Waals surface area contributed by atoms with Crippen molar-refractivity contribution < 1.29 is 15.0 Å². The third-order valence-electron chi connectivity index (χ3n) is 2.89. The topological polar surface area (TPSA) is 98.2 Å². The molecule has 2 N–H and O–H groups in total. The number of aromatic carboxylic acids is 1. The highest BCUT2D eigenvalue weighted by atomic mass is 32.1. The molecule has 0 aliphatic rings. The first kappa shape index (κ1) is 14.0. The molecule has 0 radical (unpaired) electrons. The standard InChI is InChI=1S/C15H11N3O3S/c19-13-7-9(4-5-10(13)14(20)21)17-15-18-12(8-22-15)11-3-1-2-6-16-11/h1-8,19H,(H,17,18)(H,20,21)/p-1. The van der Waals surface area contributed by atoms with Crippen molar-refractivity contribution in [3.63, 3.8) is 0 Å². The van der Waals surface area contributed by atoms with E-state index in [-0.39, 0.29) is 5.56 Å². The Morgan fingerprint density at radius 2 is 2.09 bits per heavy atom. The fraction of sp³-hybridized carbons (Fsp3) is 0. The second-order valence-electron chi connectivity index (χ2n) is 4.39. The van der Waals surface area contributed by atoms with Crippen molar-refractivity contribution in [2.24, 2.45) is 0 Å². The van der Waals surface area contributed by atoms with Gasteiger partial charge in [0.15, 0.2) is 5.13 Å². The Kier molecular flexibility index (Phi) is 3.71. The second-order valence-corrected chi connectivity index (χ2v) is 5.25. The molecule has 0 aliphatic heterocycles. The van der Waals surface area contributed by atoms with Crippen LogP contribution < -0.4 is 10.4 Å². The zero-order valence-corrected chi connectivity index (χ0v) is 12.0. The lowest BCUT2D eigenvalue weighted by atomic mass is 10.2. The van der Waals surface area contributed by atoms with Gasteiger partial charge in [-0.25, -0.2) is 9.78 Å². The molecular weight excluding hydrogens is 302 g/mol. The number of nitrogens with zero attached hydrogens (tertiary/aromatic N) is 2. The van der Waals surface area contributed by atoms with Gasteiger partial charge in [0.2, 0.25) is 0 Å². The van der Waals surface area contributed by atoms with Crippen LogP contribution in [0.3, 0.4) is 0 Å². The van der Waals surface area contributed by atoms with Gasteiger partial charge in [0.05, 0.1) is 11.3 Å². The van der Waals surface area contributed by atoms with E-state index < -0.39 is 11.7 Å². The number of aromatic nitrogens is 2. The van der Waals surface area contributed by atoms with Crippen LogP contribution in [0.5, 0.6) is 5.75 Å². The molecule has 3 rings (SSSR count). The number of benzene rings is 1. The highest BCUT2D eigenvalue weighted by Crippen LogP contribution is 2.27. The van der Waals surface area contributed by atoms with E-state index in [9.17, 15) is 9.90 Å². The number of hydrogen-bond acceptors (Lipinski definition) is 6. The van der Waals surface area contributed by atoms with E-state index in [0.29, 0.717) is 10.8 Å². The molecule has 7 heteroatoms. The van der Waals surface area contributed by atoms with Gasteiger partial charge in [-0.1, -0.05) is 11.8 Å². The van der Waals surface area contributed by atoms with Crippen LogP contribution >= 0.6 is 11.3 Å². The normalized spacial score (nSPS) is 10.4. The number of carboxylic acid groups (broad SMARTS) is 1. The van der Waals surface area contributed by atoms with Crippen LogP contribution in [0.1, 0.15) is 10.4 Å². The molecule has 0 spiro atoms. The summed E-state index contributed by atoms with van der Waals surface area (Å²) in [6.07, 6.45) is 1.69. The Morgan fingerprint density at radius 3 is 2.77 bits per heavy atom. The molecule has 1 aromatic carbocycles. The van der Waals surface area contributed by atoms with Crippen LogP contribution in [0.2, 0.25) is 0 Å². The fourth-order valence-electron chi connectivity index (χ4n) is 1.86. The van der Waals surface area contributed by atoms with Crippen molar-refractivity contribution in [1.29, 1.82) is 0 Å².